The summed E-state index contributed by atoms with van der Waals surface area (Å²) in [5, 5.41) is 9.40. The Hall–Kier alpha value is -3.38. The standard InChI is InChI=1S/C23H22F3N3O5S/c1-15-20(10-12-30)21(31)28(18-5-3-2-4-6-18)29(15)35(33,34)19-8-7-16-9-11-27(14-17(16)13-19)22(32)23(24,25)26/h2-8,13,30H,9-12,14H2,1H3. The summed E-state index contributed by atoms with van der Waals surface area (Å²) < 4.78 is 68.1. The Morgan fingerprint density at radius 1 is 1.09 bits per heavy atom. The van der Waals surface area contributed by atoms with Crippen LogP contribution in [0.4, 0.5) is 13.2 Å². The van der Waals surface area contributed by atoms with E-state index in [-0.39, 0.29) is 59.9 Å². The molecule has 0 atom stereocenters. The first-order chi connectivity index (χ1) is 16.5. The number of halogens is 3. The maximum absolute atomic E-state index is 13.8. The van der Waals surface area contributed by atoms with E-state index in [2.05, 4.69) is 0 Å². The van der Waals surface area contributed by atoms with E-state index in [4.69, 9.17) is 0 Å². The zero-order chi connectivity index (χ0) is 25.5. The lowest BCUT2D eigenvalue weighted by Gasteiger charge is -2.29. The van der Waals surface area contributed by atoms with Crippen LogP contribution in [0.2, 0.25) is 0 Å². The molecule has 8 nitrogen and oxygen atoms in total. The predicted molar refractivity (Wildman–Crippen MR) is 120 cm³/mol. The van der Waals surface area contributed by atoms with Crippen LogP contribution in [-0.4, -0.2) is 52.4 Å². The first-order valence-electron chi connectivity index (χ1n) is 10.7. The minimum absolute atomic E-state index is 0.0568. The van der Waals surface area contributed by atoms with Gasteiger partial charge >= 0.3 is 12.1 Å². The normalized spacial score (nSPS) is 14.1. The summed E-state index contributed by atoms with van der Waals surface area (Å²) in [7, 11) is -4.40. The fourth-order valence-electron chi connectivity index (χ4n) is 4.26. The van der Waals surface area contributed by atoms with Crippen molar-refractivity contribution in [2.75, 3.05) is 13.2 Å². The Morgan fingerprint density at radius 3 is 2.40 bits per heavy atom. The number of amides is 1. The molecule has 2 heterocycles. The summed E-state index contributed by atoms with van der Waals surface area (Å²) in [6.45, 7) is 0.567. The lowest BCUT2D eigenvalue weighted by atomic mass is 10.00. The van der Waals surface area contributed by atoms with Crippen molar-refractivity contribution >= 4 is 15.9 Å². The number of rotatable bonds is 5. The molecule has 1 N–H and O–H groups in total. The number of aliphatic hydroxyl groups excluding tert-OH is 1. The van der Waals surface area contributed by atoms with Crippen molar-refractivity contribution in [3.05, 3.63) is 81.3 Å². The Balaban J connectivity index is 1.84. The third kappa shape index (κ3) is 4.39. The number of hydrogen-bond donors (Lipinski definition) is 1. The number of benzene rings is 2. The second-order valence-electron chi connectivity index (χ2n) is 8.14. The summed E-state index contributed by atoms with van der Waals surface area (Å²) in [6, 6.07) is 12.2. The molecule has 4 rings (SSSR count). The van der Waals surface area contributed by atoms with Crippen LogP contribution in [0.1, 0.15) is 22.4 Å². The molecule has 1 aliphatic rings. The Bertz CT molecular complexity index is 1440. The maximum Gasteiger partial charge on any atom is 0.471 e. The largest absolute Gasteiger partial charge is 0.471 e. The van der Waals surface area contributed by atoms with Gasteiger partial charge in [0.2, 0.25) is 0 Å². The van der Waals surface area contributed by atoms with Crippen LogP contribution in [0, 0.1) is 6.92 Å². The van der Waals surface area contributed by atoms with Gasteiger partial charge in [-0.05, 0) is 48.7 Å². The van der Waals surface area contributed by atoms with Gasteiger partial charge in [0, 0.05) is 31.7 Å². The Morgan fingerprint density at radius 2 is 1.77 bits per heavy atom. The quantitative estimate of drug-likeness (QED) is 0.568. The lowest BCUT2D eigenvalue weighted by molar-refractivity contribution is -0.186. The predicted octanol–water partition coefficient (Wildman–Crippen LogP) is 2.17. The zero-order valence-corrected chi connectivity index (χ0v) is 19.4. The number of hydrogen-bond acceptors (Lipinski definition) is 5. The molecule has 1 aromatic heterocycles. The second-order valence-corrected chi connectivity index (χ2v) is 9.91. The van der Waals surface area contributed by atoms with Crippen LogP contribution in [0.25, 0.3) is 5.69 Å². The Kier molecular flexibility index (Phi) is 6.36. The first-order valence-corrected chi connectivity index (χ1v) is 12.1. The molecule has 0 bridgehead atoms. The summed E-state index contributed by atoms with van der Waals surface area (Å²) in [5.74, 6) is -1.98. The van der Waals surface area contributed by atoms with Crippen LogP contribution in [-0.2, 0) is 34.2 Å². The zero-order valence-electron chi connectivity index (χ0n) is 18.6. The molecule has 0 spiro atoms. The number of nitrogens with zero attached hydrogens (tertiary/aromatic N) is 3. The van der Waals surface area contributed by atoms with Crippen molar-refractivity contribution < 1.29 is 31.5 Å². The molecule has 186 valence electrons. The highest BCUT2D eigenvalue weighted by Crippen LogP contribution is 2.28. The van der Waals surface area contributed by atoms with Gasteiger partial charge in [-0.25, -0.2) is 4.68 Å². The van der Waals surface area contributed by atoms with Gasteiger partial charge in [-0.3, -0.25) is 9.59 Å². The molecule has 0 aliphatic carbocycles. The highest BCUT2D eigenvalue weighted by Gasteiger charge is 2.43. The van der Waals surface area contributed by atoms with E-state index in [9.17, 15) is 36.3 Å². The number of carbonyl (C=O) groups excluding carboxylic acids is 1. The molecule has 0 unspecified atom stereocenters. The third-order valence-corrected chi connectivity index (χ3v) is 7.71. The van der Waals surface area contributed by atoms with Crippen molar-refractivity contribution in [3.8, 4) is 5.69 Å². The van der Waals surface area contributed by atoms with Gasteiger partial charge in [0.15, 0.2) is 0 Å². The molecule has 0 radical (unpaired) electrons. The van der Waals surface area contributed by atoms with Crippen molar-refractivity contribution in [1.82, 2.24) is 13.7 Å². The monoisotopic (exact) mass is 509 g/mol. The van der Waals surface area contributed by atoms with Crippen LogP contribution in [0.3, 0.4) is 0 Å². The molecule has 0 saturated heterocycles. The van der Waals surface area contributed by atoms with Gasteiger partial charge in [0.1, 0.15) is 0 Å². The summed E-state index contributed by atoms with van der Waals surface area (Å²) in [4.78, 5) is 25.2. The minimum Gasteiger partial charge on any atom is -0.396 e. The molecule has 35 heavy (non-hydrogen) atoms. The first kappa shape index (κ1) is 24.7. The number of carbonyl (C=O) groups is 1. The maximum atomic E-state index is 13.8. The van der Waals surface area contributed by atoms with Gasteiger partial charge in [-0.15, -0.1) is 0 Å². The molecule has 1 aliphatic heterocycles. The average Bonchev–Trinajstić information content (AvgIpc) is 3.08. The van der Waals surface area contributed by atoms with E-state index >= 15 is 0 Å². The SMILES string of the molecule is Cc1c(CCO)c(=O)n(-c2ccccc2)n1S(=O)(=O)c1ccc2c(c1)CN(C(=O)C(F)(F)F)CC2. The number of fused-ring (bicyclic) bond motifs is 1. The fraction of sp³-hybridized carbons (Fsp3) is 0.304. The number of alkyl halides is 3. The second kappa shape index (κ2) is 9.00. The fourth-order valence-corrected chi connectivity index (χ4v) is 5.84. The van der Waals surface area contributed by atoms with Gasteiger partial charge < -0.3 is 10.0 Å². The minimum atomic E-state index is -5.03. The topological polar surface area (TPSA) is 102 Å². The number of aliphatic hydroxyl groups is 1. The average molecular weight is 510 g/mol. The Labute approximate surface area is 198 Å². The van der Waals surface area contributed by atoms with Gasteiger partial charge in [-0.1, -0.05) is 24.3 Å². The number of para-hydroxylation sites is 1. The molecule has 2 aromatic carbocycles. The van der Waals surface area contributed by atoms with E-state index in [1.807, 2.05) is 0 Å². The lowest BCUT2D eigenvalue weighted by Crippen LogP contribution is -2.43. The summed E-state index contributed by atoms with van der Waals surface area (Å²) >= 11 is 0. The molecular formula is C23H22F3N3O5S. The summed E-state index contributed by atoms with van der Waals surface area (Å²) in [5.41, 5.74) is 0.837. The number of aromatic nitrogens is 2. The van der Waals surface area contributed by atoms with Gasteiger partial charge in [0.05, 0.1) is 16.3 Å². The third-order valence-electron chi connectivity index (χ3n) is 5.96. The highest BCUT2D eigenvalue weighted by molar-refractivity contribution is 7.89. The highest BCUT2D eigenvalue weighted by atomic mass is 32.2. The molecule has 3 aromatic rings. The van der Waals surface area contributed by atoms with Crippen molar-refractivity contribution in [2.45, 2.75) is 37.4 Å². The van der Waals surface area contributed by atoms with Crippen molar-refractivity contribution in [3.63, 3.8) is 0 Å². The van der Waals surface area contributed by atoms with Crippen molar-refractivity contribution in [2.24, 2.45) is 0 Å². The summed E-state index contributed by atoms with van der Waals surface area (Å²) in [6.07, 6.45) is -4.94. The van der Waals surface area contributed by atoms with E-state index in [0.717, 1.165) is 8.77 Å². The van der Waals surface area contributed by atoms with Gasteiger partial charge in [0.25, 0.3) is 15.6 Å². The van der Waals surface area contributed by atoms with Crippen LogP contribution < -0.4 is 5.56 Å². The van der Waals surface area contributed by atoms with E-state index in [0.29, 0.717) is 10.5 Å². The van der Waals surface area contributed by atoms with Gasteiger partial charge in [-0.2, -0.15) is 25.7 Å². The van der Waals surface area contributed by atoms with Crippen LogP contribution in [0.15, 0.2) is 58.2 Å². The van der Waals surface area contributed by atoms with E-state index in [1.165, 1.54) is 25.1 Å². The molecule has 0 saturated carbocycles. The molecule has 1 amide bonds. The molecule has 0 fully saturated rings. The van der Waals surface area contributed by atoms with Crippen molar-refractivity contribution in [1.29, 1.82) is 0 Å². The van der Waals surface area contributed by atoms with E-state index < -0.39 is 27.7 Å². The molecular weight excluding hydrogens is 487 g/mol. The van der Waals surface area contributed by atoms with Crippen LogP contribution in [0.5, 0.6) is 0 Å². The van der Waals surface area contributed by atoms with Crippen LogP contribution >= 0.6 is 0 Å². The molecule has 12 heteroatoms. The smallest absolute Gasteiger partial charge is 0.396 e. The van der Waals surface area contributed by atoms with E-state index in [1.54, 1.807) is 30.3 Å².